The number of hydrogen-bond donors (Lipinski definition) is 3. The molecule has 3 aromatic rings. The maximum atomic E-state index is 14.1. The average Bonchev–Trinajstić information content (AvgIpc) is 3.05. The van der Waals surface area contributed by atoms with Gasteiger partial charge in [0.1, 0.15) is 11.6 Å². The van der Waals surface area contributed by atoms with E-state index < -0.39 is 41.9 Å². The van der Waals surface area contributed by atoms with Crippen molar-refractivity contribution in [3.63, 3.8) is 0 Å². The van der Waals surface area contributed by atoms with E-state index in [0.717, 1.165) is 28.9 Å². The highest BCUT2D eigenvalue weighted by molar-refractivity contribution is 6.32. The maximum Gasteiger partial charge on any atom is 0.305 e. The SMILES string of the molecule is O=C(O)CC(NC(=O)c1cc(O)n(-c2ccccc2Cl)n1)c1cc(F)ccc1F. The topological polar surface area (TPSA) is 104 Å². The largest absolute Gasteiger partial charge is 0.493 e. The number of nitrogens with zero attached hydrogens (tertiary/aromatic N) is 2. The lowest BCUT2D eigenvalue weighted by molar-refractivity contribution is -0.137. The molecule has 0 fully saturated rings. The molecular formula is C19H14ClF2N3O4. The Morgan fingerprint density at radius 3 is 2.59 bits per heavy atom. The molecule has 0 aliphatic carbocycles. The van der Waals surface area contributed by atoms with Crippen LogP contribution in [0.25, 0.3) is 5.69 Å². The van der Waals surface area contributed by atoms with Gasteiger partial charge in [-0.1, -0.05) is 23.7 Å². The van der Waals surface area contributed by atoms with Gasteiger partial charge in [-0.3, -0.25) is 9.59 Å². The summed E-state index contributed by atoms with van der Waals surface area (Å²) in [6.07, 6.45) is -0.691. The van der Waals surface area contributed by atoms with Crippen molar-refractivity contribution in [2.24, 2.45) is 0 Å². The van der Waals surface area contributed by atoms with Gasteiger partial charge in [-0.15, -0.1) is 0 Å². The minimum Gasteiger partial charge on any atom is -0.493 e. The molecule has 10 heteroatoms. The van der Waals surface area contributed by atoms with E-state index in [1.807, 2.05) is 0 Å². The van der Waals surface area contributed by atoms with Gasteiger partial charge in [-0.2, -0.15) is 9.78 Å². The molecule has 150 valence electrons. The molecule has 2 aromatic carbocycles. The van der Waals surface area contributed by atoms with E-state index in [-0.39, 0.29) is 16.3 Å². The summed E-state index contributed by atoms with van der Waals surface area (Å²) >= 11 is 6.06. The second-order valence-corrected chi connectivity index (χ2v) is 6.45. The van der Waals surface area contributed by atoms with Crippen LogP contribution >= 0.6 is 11.6 Å². The lowest BCUT2D eigenvalue weighted by Gasteiger charge is -2.17. The van der Waals surface area contributed by atoms with Crippen molar-refractivity contribution in [3.05, 3.63) is 76.4 Å². The van der Waals surface area contributed by atoms with Gasteiger partial charge in [0.15, 0.2) is 5.69 Å². The van der Waals surface area contributed by atoms with Gasteiger partial charge in [0.25, 0.3) is 5.91 Å². The number of carbonyl (C=O) groups is 2. The van der Waals surface area contributed by atoms with Crippen LogP contribution in [0, 0.1) is 11.6 Å². The predicted octanol–water partition coefficient (Wildman–Crippen LogP) is 3.46. The van der Waals surface area contributed by atoms with Crippen molar-refractivity contribution in [3.8, 4) is 11.6 Å². The molecule has 29 heavy (non-hydrogen) atoms. The second-order valence-electron chi connectivity index (χ2n) is 6.04. The first-order valence-electron chi connectivity index (χ1n) is 8.28. The minimum atomic E-state index is -1.36. The number of aliphatic carboxylic acids is 1. The van der Waals surface area contributed by atoms with Crippen molar-refractivity contribution >= 4 is 23.5 Å². The molecule has 7 nitrogen and oxygen atoms in total. The van der Waals surface area contributed by atoms with Crippen molar-refractivity contribution in [2.75, 3.05) is 0 Å². The zero-order chi connectivity index (χ0) is 21.1. The van der Waals surface area contributed by atoms with E-state index in [2.05, 4.69) is 10.4 Å². The van der Waals surface area contributed by atoms with Crippen molar-refractivity contribution < 1.29 is 28.6 Å². The molecule has 0 saturated heterocycles. The van der Waals surface area contributed by atoms with Crippen molar-refractivity contribution in [2.45, 2.75) is 12.5 Å². The summed E-state index contributed by atoms with van der Waals surface area (Å²) in [5.41, 5.74) is -0.283. The molecule has 0 spiro atoms. The third kappa shape index (κ3) is 4.52. The Balaban J connectivity index is 1.91. The van der Waals surface area contributed by atoms with Crippen LogP contribution in [0.5, 0.6) is 5.88 Å². The highest BCUT2D eigenvalue weighted by atomic mass is 35.5. The first-order chi connectivity index (χ1) is 13.8. The van der Waals surface area contributed by atoms with Crippen LogP contribution in [0.2, 0.25) is 5.02 Å². The Labute approximate surface area is 168 Å². The van der Waals surface area contributed by atoms with Crippen LogP contribution in [0.3, 0.4) is 0 Å². The normalized spacial score (nSPS) is 11.8. The van der Waals surface area contributed by atoms with Crippen molar-refractivity contribution in [1.29, 1.82) is 0 Å². The molecule has 3 rings (SSSR count). The van der Waals surface area contributed by atoms with Gasteiger partial charge in [0.2, 0.25) is 5.88 Å². The number of nitrogens with one attached hydrogen (secondary N) is 1. The number of aromatic hydroxyl groups is 1. The number of carboxylic acid groups (broad SMARTS) is 1. The van der Waals surface area contributed by atoms with E-state index in [0.29, 0.717) is 5.69 Å². The molecule has 1 amide bonds. The summed E-state index contributed by atoms with van der Waals surface area (Å²) in [5.74, 6) is -4.27. The van der Waals surface area contributed by atoms with Gasteiger partial charge >= 0.3 is 5.97 Å². The van der Waals surface area contributed by atoms with Crippen LogP contribution in [0.15, 0.2) is 48.5 Å². The monoisotopic (exact) mass is 421 g/mol. The molecule has 0 bridgehead atoms. The smallest absolute Gasteiger partial charge is 0.305 e. The third-order valence-electron chi connectivity index (χ3n) is 4.02. The van der Waals surface area contributed by atoms with Gasteiger partial charge < -0.3 is 15.5 Å². The van der Waals surface area contributed by atoms with Crippen LogP contribution in [0.4, 0.5) is 8.78 Å². The van der Waals surface area contributed by atoms with Crippen LogP contribution in [0.1, 0.15) is 28.5 Å². The van der Waals surface area contributed by atoms with Crippen molar-refractivity contribution in [1.82, 2.24) is 15.1 Å². The second kappa shape index (κ2) is 8.27. The minimum absolute atomic E-state index is 0.267. The molecule has 1 aromatic heterocycles. The van der Waals surface area contributed by atoms with Crippen LogP contribution in [-0.2, 0) is 4.79 Å². The van der Waals surface area contributed by atoms with E-state index >= 15 is 0 Å². The Morgan fingerprint density at radius 2 is 1.90 bits per heavy atom. The number of hydrogen-bond acceptors (Lipinski definition) is 4. The highest BCUT2D eigenvalue weighted by Crippen LogP contribution is 2.26. The summed E-state index contributed by atoms with van der Waals surface area (Å²) in [4.78, 5) is 23.7. The standard InChI is InChI=1S/C19H14ClF2N3O4/c20-12-3-1-2-4-16(12)25-17(26)8-15(24-25)19(29)23-14(9-18(27)28)11-7-10(21)5-6-13(11)22/h1-8,14,26H,9H2,(H,23,29)(H,27,28). The molecule has 0 saturated carbocycles. The molecule has 1 unspecified atom stereocenters. The number of rotatable bonds is 6. The number of carboxylic acids is 1. The number of para-hydroxylation sites is 1. The summed E-state index contributed by atoms with van der Waals surface area (Å²) < 4.78 is 28.6. The van der Waals surface area contributed by atoms with E-state index in [1.54, 1.807) is 24.3 Å². The molecule has 0 aliphatic rings. The summed E-state index contributed by atoms with van der Waals surface area (Å²) in [7, 11) is 0. The van der Waals surface area contributed by atoms with Gasteiger partial charge in [0.05, 0.1) is 23.2 Å². The molecule has 0 aliphatic heterocycles. The van der Waals surface area contributed by atoms with Crippen LogP contribution < -0.4 is 5.32 Å². The lowest BCUT2D eigenvalue weighted by Crippen LogP contribution is -2.31. The third-order valence-corrected chi connectivity index (χ3v) is 4.34. The zero-order valence-electron chi connectivity index (χ0n) is 14.6. The fourth-order valence-electron chi connectivity index (χ4n) is 2.71. The van der Waals surface area contributed by atoms with E-state index in [9.17, 15) is 23.5 Å². The molecular weight excluding hydrogens is 408 g/mol. The molecule has 1 heterocycles. The first kappa shape index (κ1) is 20.3. The Hall–Kier alpha value is -3.46. The maximum absolute atomic E-state index is 14.1. The average molecular weight is 422 g/mol. The predicted molar refractivity (Wildman–Crippen MR) is 99.1 cm³/mol. The lowest BCUT2D eigenvalue weighted by atomic mass is 10.0. The van der Waals surface area contributed by atoms with Gasteiger partial charge in [-0.25, -0.2) is 8.78 Å². The Kier molecular flexibility index (Phi) is 5.79. The van der Waals surface area contributed by atoms with E-state index in [4.69, 9.17) is 16.7 Å². The van der Waals surface area contributed by atoms with E-state index in [1.165, 1.54) is 0 Å². The van der Waals surface area contributed by atoms with Crippen LogP contribution in [-0.4, -0.2) is 31.9 Å². The summed E-state index contributed by atoms with van der Waals surface area (Å²) in [6.45, 7) is 0. The molecule has 0 radical (unpaired) electrons. The quantitative estimate of drug-likeness (QED) is 0.565. The number of benzene rings is 2. The molecule has 1 atom stereocenters. The number of halogens is 3. The fourth-order valence-corrected chi connectivity index (χ4v) is 2.93. The highest BCUT2D eigenvalue weighted by Gasteiger charge is 2.24. The Morgan fingerprint density at radius 1 is 1.17 bits per heavy atom. The Bertz CT molecular complexity index is 1090. The molecule has 3 N–H and O–H groups in total. The summed E-state index contributed by atoms with van der Waals surface area (Å²) in [6, 6.07) is 8.65. The first-order valence-corrected chi connectivity index (χ1v) is 8.65. The number of aromatic nitrogens is 2. The van der Waals surface area contributed by atoms with Gasteiger partial charge in [-0.05, 0) is 30.3 Å². The number of carbonyl (C=O) groups excluding carboxylic acids is 1. The fraction of sp³-hybridized carbons (Fsp3) is 0.105. The van der Waals surface area contributed by atoms with Gasteiger partial charge in [0, 0.05) is 11.6 Å². The zero-order valence-corrected chi connectivity index (χ0v) is 15.4. The number of amides is 1. The summed E-state index contributed by atoms with van der Waals surface area (Å²) in [5, 5.41) is 25.7.